The van der Waals surface area contributed by atoms with Crippen LogP contribution in [0.4, 0.5) is 0 Å². The Morgan fingerprint density at radius 3 is 2.53 bits per heavy atom. The number of benzene rings is 1. The second-order valence-corrected chi connectivity index (χ2v) is 5.29. The van der Waals surface area contributed by atoms with E-state index in [2.05, 4.69) is 51.2 Å². The van der Waals surface area contributed by atoms with Gasteiger partial charge in [0.1, 0.15) is 0 Å². The van der Waals surface area contributed by atoms with E-state index in [0.717, 1.165) is 23.9 Å². The molecule has 0 fully saturated rings. The highest BCUT2D eigenvalue weighted by atomic mass is 35.5. The molecule has 0 aliphatic carbocycles. The first kappa shape index (κ1) is 14.5. The van der Waals surface area contributed by atoms with Gasteiger partial charge in [-0.2, -0.15) is 0 Å². The van der Waals surface area contributed by atoms with Crippen LogP contribution in [-0.4, -0.2) is 6.54 Å². The molecule has 2 heteroatoms. The van der Waals surface area contributed by atoms with Crippen molar-refractivity contribution in [3.63, 3.8) is 0 Å². The molecule has 2 atom stereocenters. The van der Waals surface area contributed by atoms with Crippen LogP contribution in [0, 0.1) is 12.8 Å². The van der Waals surface area contributed by atoms with Crippen LogP contribution in [0.15, 0.2) is 18.2 Å². The molecule has 1 nitrogen and oxygen atoms in total. The van der Waals surface area contributed by atoms with E-state index >= 15 is 0 Å². The lowest BCUT2D eigenvalue weighted by Gasteiger charge is -2.22. The first-order valence-corrected chi connectivity index (χ1v) is 6.95. The van der Waals surface area contributed by atoms with Crippen LogP contribution in [0.25, 0.3) is 0 Å². The summed E-state index contributed by atoms with van der Waals surface area (Å²) in [5.74, 6) is 0.719. The van der Waals surface area contributed by atoms with Crippen molar-refractivity contribution in [2.45, 2.75) is 46.6 Å². The van der Waals surface area contributed by atoms with Gasteiger partial charge in [0.25, 0.3) is 0 Å². The average molecular weight is 254 g/mol. The van der Waals surface area contributed by atoms with Gasteiger partial charge in [-0.3, -0.25) is 0 Å². The minimum Gasteiger partial charge on any atom is -0.310 e. The van der Waals surface area contributed by atoms with Crippen molar-refractivity contribution in [2.24, 2.45) is 5.92 Å². The van der Waals surface area contributed by atoms with Gasteiger partial charge in [-0.25, -0.2) is 0 Å². The van der Waals surface area contributed by atoms with Crippen molar-refractivity contribution in [1.82, 2.24) is 5.32 Å². The first-order valence-electron chi connectivity index (χ1n) is 6.57. The van der Waals surface area contributed by atoms with E-state index in [1.807, 2.05) is 0 Å². The van der Waals surface area contributed by atoms with Crippen molar-refractivity contribution in [2.75, 3.05) is 6.54 Å². The van der Waals surface area contributed by atoms with Crippen molar-refractivity contribution >= 4 is 11.6 Å². The SMILES string of the molecule is CCNC(CC(C)CC)c1ccc(C)cc1Cl. The van der Waals surface area contributed by atoms with Crippen LogP contribution in [0.2, 0.25) is 5.02 Å². The van der Waals surface area contributed by atoms with Gasteiger partial charge in [-0.1, -0.05) is 50.9 Å². The van der Waals surface area contributed by atoms with Gasteiger partial charge in [0, 0.05) is 11.1 Å². The predicted molar refractivity (Wildman–Crippen MR) is 76.7 cm³/mol. The minimum atomic E-state index is 0.378. The topological polar surface area (TPSA) is 12.0 Å². The van der Waals surface area contributed by atoms with Gasteiger partial charge in [0.15, 0.2) is 0 Å². The molecule has 0 spiro atoms. The van der Waals surface area contributed by atoms with Gasteiger partial charge in [-0.15, -0.1) is 0 Å². The van der Waals surface area contributed by atoms with Crippen molar-refractivity contribution < 1.29 is 0 Å². The Morgan fingerprint density at radius 1 is 1.29 bits per heavy atom. The molecule has 0 radical (unpaired) electrons. The fourth-order valence-electron chi connectivity index (χ4n) is 2.05. The van der Waals surface area contributed by atoms with Crippen LogP contribution in [0.3, 0.4) is 0 Å². The van der Waals surface area contributed by atoms with Crippen molar-refractivity contribution in [3.8, 4) is 0 Å². The molecular formula is C15H24ClN. The largest absolute Gasteiger partial charge is 0.310 e. The Kier molecular flexibility index (Phi) is 6.01. The van der Waals surface area contributed by atoms with E-state index in [-0.39, 0.29) is 0 Å². The second-order valence-electron chi connectivity index (χ2n) is 4.88. The highest BCUT2D eigenvalue weighted by Crippen LogP contribution is 2.29. The molecule has 2 unspecified atom stereocenters. The Morgan fingerprint density at radius 2 is 2.00 bits per heavy atom. The summed E-state index contributed by atoms with van der Waals surface area (Å²) in [5, 5.41) is 4.43. The monoisotopic (exact) mass is 253 g/mol. The second kappa shape index (κ2) is 7.03. The third-order valence-electron chi connectivity index (χ3n) is 3.32. The molecule has 0 aliphatic heterocycles. The molecule has 96 valence electrons. The number of nitrogens with one attached hydrogen (secondary N) is 1. The highest BCUT2D eigenvalue weighted by molar-refractivity contribution is 6.31. The number of halogens is 1. The van der Waals surface area contributed by atoms with Crippen molar-refractivity contribution in [3.05, 3.63) is 34.3 Å². The molecule has 0 heterocycles. The van der Waals surface area contributed by atoms with Gasteiger partial charge >= 0.3 is 0 Å². The van der Waals surface area contributed by atoms with E-state index in [4.69, 9.17) is 11.6 Å². The summed E-state index contributed by atoms with van der Waals surface area (Å²) in [6.45, 7) is 9.74. The van der Waals surface area contributed by atoms with Crippen LogP contribution in [-0.2, 0) is 0 Å². The van der Waals surface area contributed by atoms with Gasteiger partial charge in [0.2, 0.25) is 0 Å². The number of rotatable bonds is 6. The maximum absolute atomic E-state index is 6.35. The third kappa shape index (κ3) is 4.33. The van der Waals surface area contributed by atoms with Gasteiger partial charge < -0.3 is 5.32 Å². The van der Waals surface area contributed by atoms with E-state index in [0.29, 0.717) is 6.04 Å². The maximum atomic E-state index is 6.35. The zero-order valence-corrected chi connectivity index (χ0v) is 12.1. The molecule has 0 aromatic heterocycles. The van der Waals surface area contributed by atoms with Gasteiger partial charge in [-0.05, 0) is 43.0 Å². The fraction of sp³-hybridized carbons (Fsp3) is 0.600. The molecule has 0 aliphatic rings. The first-order chi connectivity index (χ1) is 8.08. The summed E-state index contributed by atoms with van der Waals surface area (Å²) < 4.78 is 0. The van der Waals surface area contributed by atoms with Crippen LogP contribution < -0.4 is 5.32 Å². The zero-order valence-electron chi connectivity index (χ0n) is 11.4. The standard InChI is InChI=1S/C15H24ClN/c1-5-11(3)10-15(17-6-2)13-8-7-12(4)9-14(13)16/h7-9,11,15,17H,5-6,10H2,1-4H3. The summed E-state index contributed by atoms with van der Waals surface area (Å²) in [7, 11) is 0. The molecule has 1 aromatic carbocycles. The zero-order chi connectivity index (χ0) is 12.8. The van der Waals surface area contributed by atoms with Crippen LogP contribution in [0.5, 0.6) is 0 Å². The molecule has 1 aromatic rings. The predicted octanol–water partition coefficient (Wildman–Crippen LogP) is 4.74. The van der Waals surface area contributed by atoms with Crippen LogP contribution in [0.1, 0.15) is 50.8 Å². The Hall–Kier alpha value is -0.530. The molecular weight excluding hydrogens is 230 g/mol. The van der Waals surface area contributed by atoms with E-state index < -0.39 is 0 Å². The molecule has 0 saturated heterocycles. The highest BCUT2D eigenvalue weighted by Gasteiger charge is 2.16. The summed E-state index contributed by atoms with van der Waals surface area (Å²) in [4.78, 5) is 0. The summed E-state index contributed by atoms with van der Waals surface area (Å²) >= 11 is 6.35. The lowest BCUT2D eigenvalue weighted by molar-refractivity contribution is 0.408. The van der Waals surface area contributed by atoms with E-state index in [1.165, 1.54) is 17.5 Å². The van der Waals surface area contributed by atoms with E-state index in [9.17, 15) is 0 Å². The lowest BCUT2D eigenvalue weighted by Crippen LogP contribution is -2.23. The normalized spacial score (nSPS) is 14.6. The van der Waals surface area contributed by atoms with Crippen LogP contribution >= 0.6 is 11.6 Å². The quantitative estimate of drug-likeness (QED) is 0.773. The number of hydrogen-bond donors (Lipinski definition) is 1. The molecule has 0 bridgehead atoms. The summed E-state index contributed by atoms with van der Waals surface area (Å²) in [6, 6.07) is 6.73. The Labute approximate surface area is 111 Å². The van der Waals surface area contributed by atoms with E-state index in [1.54, 1.807) is 0 Å². The summed E-state index contributed by atoms with van der Waals surface area (Å²) in [5.41, 5.74) is 2.46. The Bertz CT molecular complexity index is 349. The molecule has 0 amide bonds. The molecule has 0 saturated carbocycles. The number of aryl methyl sites for hydroxylation is 1. The van der Waals surface area contributed by atoms with Gasteiger partial charge in [0.05, 0.1) is 0 Å². The lowest BCUT2D eigenvalue weighted by atomic mass is 9.93. The summed E-state index contributed by atoms with van der Waals surface area (Å²) in [6.07, 6.45) is 2.36. The maximum Gasteiger partial charge on any atom is 0.0456 e. The molecule has 17 heavy (non-hydrogen) atoms. The minimum absolute atomic E-state index is 0.378. The average Bonchev–Trinajstić information content (AvgIpc) is 2.28. The molecule has 1 N–H and O–H groups in total. The van der Waals surface area contributed by atoms with Crippen molar-refractivity contribution in [1.29, 1.82) is 0 Å². The smallest absolute Gasteiger partial charge is 0.0456 e. The molecule has 1 rings (SSSR count). The Balaban J connectivity index is 2.88. The number of hydrogen-bond acceptors (Lipinski definition) is 1. The fourth-order valence-corrected chi connectivity index (χ4v) is 2.42. The third-order valence-corrected chi connectivity index (χ3v) is 3.64.